The van der Waals surface area contributed by atoms with Crippen molar-refractivity contribution in [2.75, 3.05) is 0 Å². The average molecular weight is 207 g/mol. The third-order valence-electron chi connectivity index (χ3n) is 1.14. The van der Waals surface area contributed by atoms with Gasteiger partial charge >= 0.3 is 0 Å². The van der Waals surface area contributed by atoms with Crippen molar-refractivity contribution >= 4 is 27.3 Å². The third kappa shape index (κ3) is 1.34. The lowest BCUT2D eigenvalue weighted by molar-refractivity contribution is 0.281. The molecule has 50 valence electrons. The van der Waals surface area contributed by atoms with Crippen molar-refractivity contribution in [1.82, 2.24) is 0 Å². The fraction of sp³-hybridized carbons (Fsp3) is 0.333. The van der Waals surface area contributed by atoms with Crippen LogP contribution in [0.25, 0.3) is 0 Å². The van der Waals surface area contributed by atoms with Gasteiger partial charge in [-0.05, 0) is 28.2 Å². The van der Waals surface area contributed by atoms with E-state index >= 15 is 0 Å². The zero-order valence-electron chi connectivity index (χ0n) is 5.02. The first-order valence-electron chi connectivity index (χ1n) is 2.59. The van der Waals surface area contributed by atoms with E-state index in [0.717, 1.165) is 10.0 Å². The first kappa shape index (κ1) is 7.25. The second-order valence-electron chi connectivity index (χ2n) is 1.79. The van der Waals surface area contributed by atoms with E-state index in [9.17, 15) is 0 Å². The van der Waals surface area contributed by atoms with Crippen LogP contribution < -0.4 is 0 Å². The zero-order chi connectivity index (χ0) is 6.85. The number of aryl methyl sites for hydroxylation is 1. The van der Waals surface area contributed by atoms with Crippen molar-refractivity contribution in [1.29, 1.82) is 0 Å². The fourth-order valence-corrected chi connectivity index (χ4v) is 2.01. The quantitative estimate of drug-likeness (QED) is 0.749. The van der Waals surface area contributed by atoms with E-state index < -0.39 is 0 Å². The summed E-state index contributed by atoms with van der Waals surface area (Å²) in [6.45, 7) is 2.15. The van der Waals surface area contributed by atoms with E-state index in [1.807, 2.05) is 12.3 Å². The van der Waals surface area contributed by atoms with Crippen LogP contribution in [-0.2, 0) is 6.61 Å². The molecule has 1 aromatic heterocycles. The maximum atomic E-state index is 8.71. The normalized spacial score (nSPS) is 10.1. The van der Waals surface area contributed by atoms with Gasteiger partial charge in [-0.15, -0.1) is 11.3 Å². The van der Waals surface area contributed by atoms with Gasteiger partial charge in [-0.2, -0.15) is 0 Å². The molecule has 3 heteroatoms. The maximum absolute atomic E-state index is 8.71. The molecule has 1 aromatic rings. The third-order valence-corrected chi connectivity index (χ3v) is 3.47. The maximum Gasteiger partial charge on any atom is 0.0701 e. The molecule has 0 radical (unpaired) electrons. The Morgan fingerprint density at radius 1 is 1.78 bits per heavy atom. The summed E-state index contributed by atoms with van der Waals surface area (Å²) in [4.78, 5) is 1.22. The summed E-state index contributed by atoms with van der Waals surface area (Å²) in [5.41, 5.74) is 0.984. The van der Waals surface area contributed by atoms with E-state index in [-0.39, 0.29) is 6.61 Å². The lowest BCUT2D eigenvalue weighted by Crippen LogP contribution is -1.77. The number of aliphatic hydroxyl groups excluding tert-OH is 1. The second-order valence-corrected chi connectivity index (χ2v) is 3.67. The molecule has 0 bridgehead atoms. The van der Waals surface area contributed by atoms with Gasteiger partial charge in [0, 0.05) is 14.9 Å². The highest BCUT2D eigenvalue weighted by molar-refractivity contribution is 9.10. The van der Waals surface area contributed by atoms with Crippen molar-refractivity contribution in [2.45, 2.75) is 13.5 Å². The molecular formula is C6H7BrOS. The highest BCUT2D eigenvalue weighted by Gasteiger charge is 2.02. The minimum Gasteiger partial charge on any atom is -0.392 e. The summed E-state index contributed by atoms with van der Waals surface area (Å²) in [7, 11) is 0. The molecule has 0 aliphatic heterocycles. The molecular weight excluding hydrogens is 200 g/mol. The van der Waals surface area contributed by atoms with Gasteiger partial charge in [0.2, 0.25) is 0 Å². The summed E-state index contributed by atoms with van der Waals surface area (Å²) in [5, 5.41) is 10.7. The molecule has 0 amide bonds. The van der Waals surface area contributed by atoms with E-state index in [1.165, 1.54) is 4.88 Å². The Bertz CT molecular complexity index is 207. The van der Waals surface area contributed by atoms with E-state index in [2.05, 4.69) is 15.9 Å². The molecule has 1 nitrogen and oxygen atoms in total. The molecule has 0 saturated carbocycles. The van der Waals surface area contributed by atoms with Gasteiger partial charge in [-0.3, -0.25) is 0 Å². The average Bonchev–Trinajstić information content (AvgIpc) is 2.15. The SMILES string of the molecule is Cc1scc(CO)c1Br. The summed E-state index contributed by atoms with van der Waals surface area (Å²) in [5.74, 6) is 0. The van der Waals surface area contributed by atoms with Crippen LogP contribution in [0, 0.1) is 6.92 Å². The zero-order valence-corrected chi connectivity index (χ0v) is 7.42. The predicted octanol–water partition coefficient (Wildman–Crippen LogP) is 2.31. The lowest BCUT2D eigenvalue weighted by Gasteiger charge is -1.89. The Balaban J connectivity index is 3.04. The van der Waals surface area contributed by atoms with Crippen LogP contribution in [0.15, 0.2) is 9.85 Å². The molecule has 0 atom stereocenters. The number of hydrogen-bond acceptors (Lipinski definition) is 2. The van der Waals surface area contributed by atoms with Gasteiger partial charge in [-0.1, -0.05) is 0 Å². The topological polar surface area (TPSA) is 20.2 Å². The van der Waals surface area contributed by atoms with Crippen LogP contribution in [0.4, 0.5) is 0 Å². The van der Waals surface area contributed by atoms with Gasteiger partial charge in [0.05, 0.1) is 6.61 Å². The van der Waals surface area contributed by atoms with Crippen molar-refractivity contribution < 1.29 is 5.11 Å². The van der Waals surface area contributed by atoms with Gasteiger partial charge in [-0.25, -0.2) is 0 Å². The molecule has 0 spiro atoms. The number of rotatable bonds is 1. The number of halogens is 1. The first-order valence-corrected chi connectivity index (χ1v) is 4.26. The first-order chi connectivity index (χ1) is 4.25. The molecule has 0 aliphatic carbocycles. The van der Waals surface area contributed by atoms with Crippen molar-refractivity contribution in [3.63, 3.8) is 0 Å². The smallest absolute Gasteiger partial charge is 0.0701 e. The molecule has 0 saturated heterocycles. The molecule has 0 aliphatic rings. The van der Waals surface area contributed by atoms with Gasteiger partial charge < -0.3 is 5.11 Å². The standard InChI is InChI=1S/C6H7BrOS/c1-4-6(7)5(2-8)3-9-4/h3,8H,2H2,1H3. The van der Waals surface area contributed by atoms with Gasteiger partial charge in [0.1, 0.15) is 0 Å². The highest BCUT2D eigenvalue weighted by Crippen LogP contribution is 2.26. The molecule has 1 N–H and O–H groups in total. The minimum absolute atomic E-state index is 0.130. The largest absolute Gasteiger partial charge is 0.392 e. The number of thiophene rings is 1. The Morgan fingerprint density at radius 2 is 2.44 bits per heavy atom. The van der Waals surface area contributed by atoms with Gasteiger partial charge in [0.15, 0.2) is 0 Å². The lowest BCUT2D eigenvalue weighted by atomic mass is 10.3. The molecule has 9 heavy (non-hydrogen) atoms. The Labute approximate surface area is 66.5 Å². The highest BCUT2D eigenvalue weighted by atomic mass is 79.9. The molecule has 1 heterocycles. The van der Waals surface area contributed by atoms with Crippen LogP contribution in [-0.4, -0.2) is 5.11 Å². The van der Waals surface area contributed by atoms with Crippen molar-refractivity contribution in [2.24, 2.45) is 0 Å². The van der Waals surface area contributed by atoms with Crippen LogP contribution >= 0.6 is 27.3 Å². The van der Waals surface area contributed by atoms with E-state index in [0.29, 0.717) is 0 Å². The molecule has 0 unspecified atom stereocenters. The number of aliphatic hydroxyl groups is 1. The van der Waals surface area contributed by atoms with Crippen LogP contribution in [0.1, 0.15) is 10.4 Å². The van der Waals surface area contributed by atoms with Crippen molar-refractivity contribution in [3.8, 4) is 0 Å². The Kier molecular flexibility index (Phi) is 2.27. The van der Waals surface area contributed by atoms with Gasteiger partial charge in [0.25, 0.3) is 0 Å². The minimum atomic E-state index is 0.130. The summed E-state index contributed by atoms with van der Waals surface area (Å²) in [6.07, 6.45) is 0. The monoisotopic (exact) mass is 206 g/mol. The van der Waals surface area contributed by atoms with Crippen LogP contribution in [0.5, 0.6) is 0 Å². The Hall–Kier alpha value is 0.140. The summed E-state index contributed by atoms with van der Waals surface area (Å²) in [6, 6.07) is 0. The molecule has 0 aromatic carbocycles. The van der Waals surface area contributed by atoms with E-state index in [1.54, 1.807) is 11.3 Å². The summed E-state index contributed by atoms with van der Waals surface area (Å²) >= 11 is 5.01. The van der Waals surface area contributed by atoms with Crippen LogP contribution in [0.3, 0.4) is 0 Å². The molecule has 1 rings (SSSR count). The van der Waals surface area contributed by atoms with E-state index in [4.69, 9.17) is 5.11 Å². The predicted molar refractivity (Wildman–Crippen MR) is 42.7 cm³/mol. The number of hydrogen-bond donors (Lipinski definition) is 1. The fourth-order valence-electron chi connectivity index (χ4n) is 0.596. The van der Waals surface area contributed by atoms with Crippen molar-refractivity contribution in [3.05, 3.63) is 20.3 Å². The second kappa shape index (κ2) is 2.82. The summed E-state index contributed by atoms with van der Waals surface area (Å²) < 4.78 is 1.05. The molecule has 0 fully saturated rings. The Morgan fingerprint density at radius 3 is 2.67 bits per heavy atom. The van der Waals surface area contributed by atoms with Crippen LogP contribution in [0.2, 0.25) is 0 Å².